The number of hydrogen-bond donors (Lipinski definition) is 1. The van der Waals surface area contributed by atoms with Crippen LogP contribution in [0.5, 0.6) is 0 Å². The van der Waals surface area contributed by atoms with Gasteiger partial charge < -0.3 is 5.32 Å². The first-order chi connectivity index (χ1) is 9.33. The first-order valence-electron chi connectivity index (χ1n) is 7.88. The van der Waals surface area contributed by atoms with Crippen molar-refractivity contribution in [3.8, 4) is 0 Å². The zero-order chi connectivity index (χ0) is 13.2. The number of nitrogens with one attached hydrogen (secondary N) is 1. The van der Waals surface area contributed by atoms with E-state index < -0.39 is 0 Å². The van der Waals surface area contributed by atoms with Gasteiger partial charge in [-0.1, -0.05) is 51.0 Å². The maximum atomic E-state index is 3.76. The number of benzene rings is 1. The standard InChI is InChI=1S/C17H26N2/c1-3-19(4-2)16(11-13-9-10-13)17-15-8-6-5-7-14(15)12-18-17/h5-8,13,16-18H,3-4,9-12H2,1-2H3. The molecule has 1 heterocycles. The molecule has 1 saturated carbocycles. The highest BCUT2D eigenvalue weighted by Crippen LogP contribution is 2.40. The Labute approximate surface area is 117 Å². The fourth-order valence-corrected chi connectivity index (χ4v) is 3.56. The van der Waals surface area contributed by atoms with Gasteiger partial charge in [-0.25, -0.2) is 0 Å². The molecule has 0 aromatic heterocycles. The molecule has 1 aromatic rings. The zero-order valence-corrected chi connectivity index (χ0v) is 12.2. The molecule has 104 valence electrons. The number of rotatable bonds is 6. The summed E-state index contributed by atoms with van der Waals surface area (Å²) in [5.41, 5.74) is 3.04. The summed E-state index contributed by atoms with van der Waals surface area (Å²) in [6, 6.07) is 10.2. The second-order valence-corrected chi connectivity index (χ2v) is 6.03. The second-order valence-electron chi connectivity index (χ2n) is 6.03. The molecular weight excluding hydrogens is 232 g/mol. The molecule has 0 spiro atoms. The Morgan fingerprint density at radius 3 is 2.63 bits per heavy atom. The van der Waals surface area contributed by atoms with Gasteiger partial charge in [-0.3, -0.25) is 4.90 Å². The Balaban J connectivity index is 1.83. The molecule has 19 heavy (non-hydrogen) atoms. The van der Waals surface area contributed by atoms with Crippen molar-refractivity contribution in [2.75, 3.05) is 13.1 Å². The van der Waals surface area contributed by atoms with E-state index in [1.54, 1.807) is 5.56 Å². The van der Waals surface area contributed by atoms with E-state index in [2.05, 4.69) is 48.3 Å². The van der Waals surface area contributed by atoms with E-state index in [-0.39, 0.29) is 0 Å². The van der Waals surface area contributed by atoms with Crippen LogP contribution < -0.4 is 5.32 Å². The van der Waals surface area contributed by atoms with Crippen molar-refractivity contribution in [2.24, 2.45) is 5.92 Å². The highest BCUT2D eigenvalue weighted by molar-refractivity contribution is 5.35. The highest BCUT2D eigenvalue weighted by atomic mass is 15.2. The summed E-state index contributed by atoms with van der Waals surface area (Å²) in [6.45, 7) is 7.96. The predicted octanol–water partition coefficient (Wildman–Crippen LogP) is 3.34. The van der Waals surface area contributed by atoms with Crippen molar-refractivity contribution in [3.05, 3.63) is 35.4 Å². The number of hydrogen-bond acceptors (Lipinski definition) is 2. The average Bonchev–Trinajstić information content (AvgIpc) is 3.17. The van der Waals surface area contributed by atoms with Gasteiger partial charge >= 0.3 is 0 Å². The van der Waals surface area contributed by atoms with Crippen LogP contribution in [0.15, 0.2) is 24.3 Å². The lowest BCUT2D eigenvalue weighted by Crippen LogP contribution is -2.43. The number of fused-ring (bicyclic) bond motifs is 1. The van der Waals surface area contributed by atoms with Gasteiger partial charge in [0.1, 0.15) is 0 Å². The van der Waals surface area contributed by atoms with Crippen LogP contribution in [0.2, 0.25) is 0 Å². The summed E-state index contributed by atoms with van der Waals surface area (Å²) < 4.78 is 0. The molecule has 2 heteroatoms. The minimum atomic E-state index is 0.539. The third-order valence-corrected chi connectivity index (χ3v) is 4.84. The first kappa shape index (κ1) is 13.1. The molecule has 0 bridgehead atoms. The summed E-state index contributed by atoms with van der Waals surface area (Å²) in [7, 11) is 0. The van der Waals surface area contributed by atoms with Crippen LogP contribution in [0.4, 0.5) is 0 Å². The molecule has 0 amide bonds. The molecule has 2 aliphatic rings. The molecule has 1 aromatic carbocycles. The van der Waals surface area contributed by atoms with E-state index in [4.69, 9.17) is 0 Å². The van der Waals surface area contributed by atoms with Gasteiger partial charge in [0, 0.05) is 18.6 Å². The molecule has 1 aliphatic carbocycles. The highest BCUT2D eigenvalue weighted by Gasteiger charge is 2.36. The van der Waals surface area contributed by atoms with E-state index in [1.165, 1.54) is 24.8 Å². The SMILES string of the molecule is CCN(CC)C(CC1CC1)C1NCc2ccccc21. The van der Waals surface area contributed by atoms with Crippen LogP contribution in [0, 0.1) is 5.92 Å². The van der Waals surface area contributed by atoms with Gasteiger partial charge in [0.2, 0.25) is 0 Å². The summed E-state index contributed by atoms with van der Waals surface area (Å²) >= 11 is 0. The van der Waals surface area contributed by atoms with Crippen molar-refractivity contribution in [3.63, 3.8) is 0 Å². The second kappa shape index (κ2) is 5.64. The molecule has 1 fully saturated rings. The topological polar surface area (TPSA) is 15.3 Å². The molecule has 1 N–H and O–H groups in total. The quantitative estimate of drug-likeness (QED) is 0.842. The molecule has 3 rings (SSSR count). The molecule has 2 unspecified atom stereocenters. The van der Waals surface area contributed by atoms with Crippen molar-refractivity contribution in [1.29, 1.82) is 0 Å². The smallest absolute Gasteiger partial charge is 0.0484 e. The monoisotopic (exact) mass is 258 g/mol. The van der Waals surface area contributed by atoms with Crippen LogP contribution in [-0.2, 0) is 6.54 Å². The van der Waals surface area contributed by atoms with Crippen molar-refractivity contribution >= 4 is 0 Å². The fourth-order valence-electron chi connectivity index (χ4n) is 3.56. The predicted molar refractivity (Wildman–Crippen MR) is 80.1 cm³/mol. The molecule has 0 radical (unpaired) electrons. The lowest BCUT2D eigenvalue weighted by atomic mass is 9.94. The van der Waals surface area contributed by atoms with E-state index in [9.17, 15) is 0 Å². The van der Waals surface area contributed by atoms with E-state index in [1.807, 2.05) is 0 Å². The molecule has 0 saturated heterocycles. The van der Waals surface area contributed by atoms with E-state index in [0.29, 0.717) is 12.1 Å². The minimum absolute atomic E-state index is 0.539. The van der Waals surface area contributed by atoms with Gasteiger partial charge in [-0.15, -0.1) is 0 Å². The minimum Gasteiger partial charge on any atom is -0.304 e. The lowest BCUT2D eigenvalue weighted by Gasteiger charge is -2.35. The van der Waals surface area contributed by atoms with Crippen LogP contribution in [0.3, 0.4) is 0 Å². The Bertz CT molecular complexity index is 421. The fraction of sp³-hybridized carbons (Fsp3) is 0.647. The number of likely N-dealkylation sites (N-methyl/N-ethyl adjacent to an activating group) is 1. The van der Waals surface area contributed by atoms with Crippen molar-refractivity contribution < 1.29 is 0 Å². The van der Waals surface area contributed by atoms with Gasteiger partial charge in [-0.2, -0.15) is 0 Å². The van der Waals surface area contributed by atoms with Gasteiger partial charge in [-0.05, 0) is 36.6 Å². The Hall–Kier alpha value is -0.860. The van der Waals surface area contributed by atoms with Crippen molar-refractivity contribution in [2.45, 2.75) is 51.7 Å². The van der Waals surface area contributed by atoms with Crippen LogP contribution in [0.1, 0.15) is 50.3 Å². The van der Waals surface area contributed by atoms with Crippen LogP contribution in [-0.4, -0.2) is 24.0 Å². The van der Waals surface area contributed by atoms with Gasteiger partial charge in [0.25, 0.3) is 0 Å². The van der Waals surface area contributed by atoms with E-state index in [0.717, 1.165) is 25.6 Å². The third kappa shape index (κ3) is 2.70. The normalized spacial score (nSPS) is 23.6. The van der Waals surface area contributed by atoms with Gasteiger partial charge in [0.15, 0.2) is 0 Å². The molecule has 2 nitrogen and oxygen atoms in total. The first-order valence-corrected chi connectivity index (χ1v) is 7.88. The lowest BCUT2D eigenvalue weighted by molar-refractivity contribution is 0.160. The van der Waals surface area contributed by atoms with E-state index >= 15 is 0 Å². The summed E-state index contributed by atoms with van der Waals surface area (Å²) in [5.74, 6) is 0.986. The van der Waals surface area contributed by atoms with Crippen molar-refractivity contribution in [1.82, 2.24) is 10.2 Å². The third-order valence-electron chi connectivity index (χ3n) is 4.84. The van der Waals surface area contributed by atoms with Crippen LogP contribution >= 0.6 is 0 Å². The summed E-state index contributed by atoms with van der Waals surface area (Å²) in [4.78, 5) is 2.65. The van der Waals surface area contributed by atoms with Gasteiger partial charge in [0.05, 0.1) is 0 Å². The molecule has 2 atom stereocenters. The van der Waals surface area contributed by atoms with Crippen LogP contribution in [0.25, 0.3) is 0 Å². The number of nitrogens with zero attached hydrogens (tertiary/aromatic N) is 1. The Morgan fingerprint density at radius 2 is 1.95 bits per heavy atom. The Morgan fingerprint density at radius 1 is 1.21 bits per heavy atom. The average molecular weight is 258 g/mol. The zero-order valence-electron chi connectivity index (χ0n) is 12.2. The summed E-state index contributed by atoms with van der Waals surface area (Å²) in [6.07, 6.45) is 4.27. The largest absolute Gasteiger partial charge is 0.304 e. The maximum absolute atomic E-state index is 3.76. The summed E-state index contributed by atoms with van der Waals surface area (Å²) in [5, 5.41) is 3.76. The maximum Gasteiger partial charge on any atom is 0.0484 e. The molecular formula is C17H26N2. The molecule has 1 aliphatic heterocycles. The Kier molecular flexibility index (Phi) is 3.90.